The van der Waals surface area contributed by atoms with E-state index in [1.165, 1.54) is 13.4 Å². The minimum Gasteiger partial charge on any atom is -0.448 e. The average molecular weight is 709 g/mol. The maximum Gasteiger partial charge on any atom is 0.414 e. The Hall–Kier alpha value is -4.22. The van der Waals surface area contributed by atoms with Crippen LogP contribution in [0.4, 0.5) is 10.7 Å². The summed E-state index contributed by atoms with van der Waals surface area (Å²) in [5.41, 5.74) is 4.13. The Morgan fingerprint density at radius 2 is 1.90 bits per heavy atom. The van der Waals surface area contributed by atoms with Gasteiger partial charge in [0.25, 0.3) is 14.1 Å². The van der Waals surface area contributed by atoms with E-state index in [9.17, 15) is 9.59 Å². The fraction of sp³-hybridized carbons (Fsp3) is 0.457. The smallest absolute Gasteiger partial charge is 0.414 e. The number of imidazole rings is 1. The zero-order valence-corrected chi connectivity index (χ0v) is 29.6. The summed E-state index contributed by atoms with van der Waals surface area (Å²) in [5, 5.41) is 15.1. The fourth-order valence-electron chi connectivity index (χ4n) is 6.32. The highest BCUT2D eigenvalue weighted by Crippen LogP contribution is 2.50. The van der Waals surface area contributed by atoms with Gasteiger partial charge in [0.2, 0.25) is 7.38 Å². The summed E-state index contributed by atoms with van der Waals surface area (Å²) in [5.74, 6) is -0.224. The second-order valence-electron chi connectivity index (χ2n) is 12.2. The van der Waals surface area contributed by atoms with E-state index in [2.05, 4.69) is 75.9 Å². The standard InChI is InChI=1S/C34H40N7O6P.CH4O/c1-20(2)41(21(3)4)48(45-16-10-15-35)47-28-17-29(46-22(28)5)40-19-36-30-31(40)37-33(38-32(30)42)39-34(43)44-18-27-25-13-8-6-11-23(25)24-12-7-9-14-26(24)27;1-2/h6-9,11-14,19-22,27-29H,10,16-18H2,1-5H3,(H2,37,38,39,42,43);2H,1H3/t22-,28?,29-,48?;/m1./s1/i5D;2T. The van der Waals surface area contributed by atoms with Gasteiger partial charge in [0.1, 0.15) is 12.8 Å². The predicted octanol–water partition coefficient (Wildman–Crippen LogP) is 6.06. The quantitative estimate of drug-likeness (QED) is 0.115. The lowest BCUT2D eigenvalue weighted by Crippen LogP contribution is -2.35. The number of benzene rings is 2. The Kier molecular flexibility index (Phi) is 11.4. The van der Waals surface area contributed by atoms with Crippen molar-refractivity contribution in [2.75, 3.05) is 25.6 Å². The molecule has 15 heteroatoms. The highest BCUT2D eigenvalue weighted by atomic mass is 31.2. The first-order chi connectivity index (χ1) is 25.1. The van der Waals surface area contributed by atoms with E-state index in [0.717, 1.165) is 22.3 Å². The maximum absolute atomic E-state index is 13.0. The number of rotatable bonds is 12. The zero-order chi connectivity index (χ0) is 37.4. The average Bonchev–Trinajstić information content (AvgIpc) is 3.81. The fourth-order valence-corrected chi connectivity index (χ4v) is 8.08. The third-order valence-electron chi connectivity index (χ3n) is 8.38. The van der Waals surface area contributed by atoms with Crippen molar-refractivity contribution >= 4 is 31.7 Å². The first-order valence-electron chi connectivity index (χ1n) is 17.5. The summed E-state index contributed by atoms with van der Waals surface area (Å²) >= 11 is 0. The van der Waals surface area contributed by atoms with Gasteiger partial charge in [-0.05, 0) is 56.8 Å². The number of aliphatic hydroxyl groups is 1. The van der Waals surface area contributed by atoms with Gasteiger partial charge in [-0.1, -0.05) is 48.5 Å². The lowest BCUT2D eigenvalue weighted by Gasteiger charge is -2.37. The normalized spacial score (nSPS) is 19.4. The molecule has 3 heterocycles. The summed E-state index contributed by atoms with van der Waals surface area (Å²) in [6.07, 6.45) is -0.487. The molecule has 4 atom stereocenters. The van der Waals surface area contributed by atoms with Crippen LogP contribution in [0.2, 0.25) is 0 Å². The number of fused-ring (bicyclic) bond motifs is 4. The van der Waals surface area contributed by atoms with Crippen molar-refractivity contribution in [3.63, 3.8) is 0 Å². The molecule has 1 saturated heterocycles. The zero-order valence-electron chi connectivity index (χ0n) is 30.7. The third kappa shape index (κ3) is 7.89. The Morgan fingerprint density at radius 1 is 1.24 bits per heavy atom. The van der Waals surface area contributed by atoms with E-state index in [1.54, 1.807) is 4.57 Å². The largest absolute Gasteiger partial charge is 0.448 e. The number of hydrogen-bond donors (Lipinski definition) is 3. The van der Waals surface area contributed by atoms with Crippen molar-refractivity contribution < 1.29 is 29.8 Å². The second kappa shape index (κ2) is 16.7. The van der Waals surface area contributed by atoms with Gasteiger partial charge >= 0.3 is 6.09 Å². The maximum atomic E-state index is 13.0. The van der Waals surface area contributed by atoms with Crippen molar-refractivity contribution in [3.8, 4) is 17.2 Å². The van der Waals surface area contributed by atoms with Crippen LogP contribution < -0.4 is 10.9 Å². The first kappa shape index (κ1) is 34.2. The van der Waals surface area contributed by atoms with Crippen molar-refractivity contribution in [1.82, 2.24) is 24.2 Å². The molecule has 0 radical (unpaired) electrons. The van der Waals surface area contributed by atoms with Gasteiger partial charge in [0.15, 0.2) is 11.2 Å². The second-order valence-corrected chi connectivity index (χ2v) is 13.7. The minimum absolute atomic E-state index is 0.0683. The van der Waals surface area contributed by atoms with Crippen molar-refractivity contribution in [1.29, 1.82) is 6.69 Å². The molecule has 266 valence electrons. The van der Waals surface area contributed by atoms with Crippen LogP contribution in [0.5, 0.6) is 0 Å². The molecule has 2 aromatic carbocycles. The molecule has 3 N–H and O–H groups in total. The number of aromatic nitrogens is 4. The summed E-state index contributed by atoms with van der Waals surface area (Å²) in [4.78, 5) is 37.3. The van der Waals surface area contributed by atoms with E-state index in [0.29, 0.717) is 6.42 Å². The van der Waals surface area contributed by atoms with Gasteiger partial charge in [-0.3, -0.25) is 19.7 Å². The monoisotopic (exact) mass is 708 g/mol. The molecule has 14 nitrogen and oxygen atoms in total. The number of H-pyrrole nitrogens is 1. The highest BCUT2D eigenvalue weighted by Gasteiger charge is 2.40. The number of anilines is 1. The SMILES string of the molecule is [2H]C[C@H]1O[C@@H](n2cnc3c(=O)[nH]c(NC(=O)OCC4c5ccccc5-c5ccccc54)nc32)CC1OP(OCCC#N)N(C(C)C)C(C)C.[3H]OC. The summed E-state index contributed by atoms with van der Waals surface area (Å²) in [7, 11) is -0.272. The van der Waals surface area contributed by atoms with Gasteiger partial charge in [-0.25, -0.2) is 14.4 Å². The Morgan fingerprint density at radius 3 is 2.52 bits per heavy atom. The van der Waals surface area contributed by atoms with Crippen LogP contribution in [-0.4, -0.2) is 81.4 Å². The lowest BCUT2D eigenvalue weighted by atomic mass is 9.98. The van der Waals surface area contributed by atoms with Crippen LogP contribution in [0, 0.1) is 11.3 Å². The number of nitrogens with zero attached hydrogens (tertiary/aromatic N) is 5. The predicted molar refractivity (Wildman–Crippen MR) is 189 cm³/mol. The first-order valence-corrected chi connectivity index (χ1v) is 17.5. The van der Waals surface area contributed by atoms with Gasteiger partial charge in [-0.2, -0.15) is 10.2 Å². The number of aliphatic hydroxyl groups excluding tert-OH is 1. The summed E-state index contributed by atoms with van der Waals surface area (Å²) in [6.45, 7) is 8.47. The Bertz CT molecular complexity index is 1870. The number of ether oxygens (including phenoxy) is 2. The molecule has 0 spiro atoms. The molecule has 1 aliphatic heterocycles. The third-order valence-corrected chi connectivity index (χ3v) is 10.5. The van der Waals surface area contributed by atoms with Gasteiger partial charge in [-0.15, -0.1) is 0 Å². The number of nitriles is 1. The van der Waals surface area contributed by atoms with Crippen LogP contribution in [0.15, 0.2) is 59.7 Å². The number of aromatic amines is 1. The number of hydrogen-bond acceptors (Lipinski definition) is 11. The topological polar surface area (TPSA) is 177 Å². The van der Waals surface area contributed by atoms with Gasteiger partial charge in [0.05, 0.1) is 37.6 Å². The molecule has 2 aromatic heterocycles. The van der Waals surface area contributed by atoms with Crippen LogP contribution in [0.1, 0.15) is 72.1 Å². The Balaban J connectivity index is 0.00000168. The van der Waals surface area contributed by atoms with Crippen LogP contribution >= 0.6 is 8.53 Å². The molecule has 0 saturated carbocycles. The molecule has 6 rings (SSSR count). The number of carbonyl (C=O) groups is 1. The molecule has 1 fully saturated rings. The van der Waals surface area contributed by atoms with Crippen molar-refractivity contribution in [2.45, 2.75) is 83.9 Å². The lowest BCUT2D eigenvalue weighted by molar-refractivity contribution is -0.00493. The van der Waals surface area contributed by atoms with Gasteiger partial charge < -0.3 is 23.6 Å². The van der Waals surface area contributed by atoms with Crippen molar-refractivity contribution in [3.05, 3.63) is 76.3 Å². The summed E-state index contributed by atoms with van der Waals surface area (Å²) < 4.78 is 42.1. The van der Waals surface area contributed by atoms with E-state index in [1.807, 2.05) is 36.4 Å². The molecule has 2 unspecified atom stereocenters. The van der Waals surface area contributed by atoms with Crippen molar-refractivity contribution in [2.24, 2.45) is 0 Å². The molecule has 4 aromatic rings. The molecule has 2 aliphatic rings. The molecule has 1 aliphatic carbocycles. The van der Waals surface area contributed by atoms with E-state index >= 15 is 0 Å². The van der Waals surface area contributed by atoms with Crippen LogP contribution in [-0.2, 0) is 18.5 Å². The molecule has 50 heavy (non-hydrogen) atoms. The van der Waals surface area contributed by atoms with E-state index < -0.39 is 38.6 Å². The number of carbonyl (C=O) groups excluding carboxylic acids is 1. The van der Waals surface area contributed by atoms with Crippen LogP contribution in [0.25, 0.3) is 22.3 Å². The summed E-state index contributed by atoms with van der Waals surface area (Å²) in [6, 6.07) is 18.4. The Labute approximate surface area is 295 Å². The van der Waals surface area contributed by atoms with Crippen LogP contribution in [0.3, 0.4) is 0 Å². The molecule has 0 bridgehead atoms. The molecule has 1 amide bonds. The van der Waals surface area contributed by atoms with E-state index in [-0.39, 0.29) is 61.6 Å². The van der Waals surface area contributed by atoms with E-state index in [4.69, 9.17) is 26.6 Å². The molecular formula is C35H44N7O7P. The number of nitrogens with one attached hydrogen (secondary N) is 2. The molecular weight excluding hydrogens is 661 g/mol. The minimum atomic E-state index is -1.56. The van der Waals surface area contributed by atoms with Gasteiger partial charge in [0, 0.05) is 32.9 Å². The highest BCUT2D eigenvalue weighted by molar-refractivity contribution is 7.44. The number of amides is 1.